The van der Waals surface area contributed by atoms with Gasteiger partial charge in [0.15, 0.2) is 0 Å². The van der Waals surface area contributed by atoms with Gasteiger partial charge in [-0.1, -0.05) is 95.3 Å². The van der Waals surface area contributed by atoms with Crippen LogP contribution in [0, 0.1) is 18.3 Å². The molecule has 2 atom stereocenters. The minimum absolute atomic E-state index is 0.0928. The van der Waals surface area contributed by atoms with Crippen molar-refractivity contribution in [2.75, 3.05) is 0 Å². The van der Waals surface area contributed by atoms with E-state index in [1.807, 2.05) is 19.9 Å². The Hall–Kier alpha value is -1.56. The van der Waals surface area contributed by atoms with Crippen molar-refractivity contribution in [3.63, 3.8) is 0 Å². The number of hydrogen-bond donors (Lipinski definition) is 0. The first-order chi connectivity index (χ1) is 11.8. The first-order valence-electron chi connectivity index (χ1n) is 9.86. The number of aryl methyl sites for hydroxylation is 1. The summed E-state index contributed by atoms with van der Waals surface area (Å²) in [4.78, 5) is 0. The number of rotatable bonds is 4. The minimum Gasteiger partial charge on any atom is -0.0991 e. The van der Waals surface area contributed by atoms with E-state index in [2.05, 4.69) is 83.7 Å². The van der Waals surface area contributed by atoms with Crippen LogP contribution in [0.15, 0.2) is 60.7 Å². The van der Waals surface area contributed by atoms with E-state index in [9.17, 15) is 0 Å². The lowest BCUT2D eigenvalue weighted by Crippen LogP contribution is -2.41. The molecule has 1 aromatic rings. The van der Waals surface area contributed by atoms with Crippen LogP contribution in [0.2, 0.25) is 0 Å². The van der Waals surface area contributed by atoms with Gasteiger partial charge in [0.1, 0.15) is 0 Å². The van der Waals surface area contributed by atoms with Crippen molar-refractivity contribution >= 4 is 0 Å². The molecule has 1 aliphatic rings. The Labute approximate surface area is 156 Å². The van der Waals surface area contributed by atoms with E-state index in [0.717, 1.165) is 5.92 Å². The van der Waals surface area contributed by atoms with Crippen molar-refractivity contribution in [1.82, 2.24) is 0 Å². The van der Waals surface area contributed by atoms with Crippen LogP contribution in [0.1, 0.15) is 71.9 Å². The van der Waals surface area contributed by atoms with Gasteiger partial charge in [-0.05, 0) is 55.6 Å². The fourth-order valence-corrected chi connectivity index (χ4v) is 4.73. The zero-order valence-electron chi connectivity index (χ0n) is 17.5. The van der Waals surface area contributed by atoms with E-state index in [0.29, 0.717) is 5.41 Å². The van der Waals surface area contributed by atoms with Gasteiger partial charge in [0.2, 0.25) is 0 Å². The molecule has 0 spiro atoms. The van der Waals surface area contributed by atoms with Gasteiger partial charge in [0, 0.05) is 5.41 Å². The smallest absolute Gasteiger partial charge is 0.0210 e. The molecule has 0 bridgehead atoms. The molecular weight excluding hydrogens is 300 g/mol. The fraction of sp³-hybridized carbons (Fsp3) is 0.520. The van der Waals surface area contributed by atoms with Gasteiger partial charge < -0.3 is 0 Å². The third-order valence-corrected chi connectivity index (χ3v) is 5.18. The number of hydrogen-bond acceptors (Lipinski definition) is 0. The monoisotopic (exact) mass is 338 g/mol. The van der Waals surface area contributed by atoms with Crippen LogP contribution < -0.4 is 0 Å². The van der Waals surface area contributed by atoms with Crippen molar-refractivity contribution in [3.05, 3.63) is 71.8 Å². The number of benzene rings is 1. The van der Waals surface area contributed by atoms with Gasteiger partial charge in [-0.2, -0.15) is 0 Å². The maximum atomic E-state index is 3.96. The van der Waals surface area contributed by atoms with E-state index in [-0.39, 0.29) is 5.41 Å². The average Bonchev–Trinajstić information content (AvgIpc) is 2.55. The Morgan fingerprint density at radius 2 is 1.72 bits per heavy atom. The Morgan fingerprint density at radius 3 is 2.20 bits per heavy atom. The number of allylic oxidation sites excluding steroid dienone is 5. The summed E-state index contributed by atoms with van der Waals surface area (Å²) < 4.78 is 0. The summed E-state index contributed by atoms with van der Waals surface area (Å²) in [6.45, 7) is 19.5. The highest BCUT2D eigenvalue weighted by atomic mass is 14.5. The van der Waals surface area contributed by atoms with E-state index in [4.69, 9.17) is 0 Å². The molecule has 1 saturated carbocycles. The summed E-state index contributed by atoms with van der Waals surface area (Å²) in [7, 11) is 0. The first kappa shape index (κ1) is 21.5. The first-order valence-corrected chi connectivity index (χ1v) is 9.86. The van der Waals surface area contributed by atoms with Gasteiger partial charge in [-0.15, -0.1) is 0 Å². The van der Waals surface area contributed by atoms with Crippen molar-refractivity contribution in [3.8, 4) is 0 Å². The minimum atomic E-state index is 0.0928. The molecule has 0 amide bonds. The second-order valence-corrected chi connectivity index (χ2v) is 8.16. The molecule has 0 N–H and O–H groups in total. The predicted octanol–water partition coefficient (Wildman–Crippen LogP) is 7.79. The second kappa shape index (κ2) is 9.22. The van der Waals surface area contributed by atoms with Crippen LogP contribution >= 0.6 is 0 Å². The molecule has 0 saturated heterocycles. The summed E-state index contributed by atoms with van der Waals surface area (Å²) >= 11 is 0. The van der Waals surface area contributed by atoms with E-state index >= 15 is 0 Å². The maximum absolute atomic E-state index is 3.96. The van der Waals surface area contributed by atoms with Crippen LogP contribution in [-0.2, 0) is 5.41 Å². The Balaban J connectivity index is 0.00000151. The maximum Gasteiger partial charge on any atom is 0.0210 e. The van der Waals surface area contributed by atoms with Crippen molar-refractivity contribution in [2.24, 2.45) is 11.3 Å². The van der Waals surface area contributed by atoms with Crippen LogP contribution in [0.3, 0.4) is 0 Å². The molecule has 1 aliphatic carbocycles. The summed E-state index contributed by atoms with van der Waals surface area (Å²) in [5, 5.41) is 0. The van der Waals surface area contributed by atoms with Gasteiger partial charge in [-0.25, -0.2) is 0 Å². The van der Waals surface area contributed by atoms with Crippen LogP contribution in [0.5, 0.6) is 0 Å². The van der Waals surface area contributed by atoms with Gasteiger partial charge >= 0.3 is 0 Å². The van der Waals surface area contributed by atoms with Crippen molar-refractivity contribution in [1.29, 1.82) is 0 Å². The Morgan fingerprint density at radius 1 is 1.12 bits per heavy atom. The molecule has 2 rings (SSSR count). The molecule has 138 valence electrons. The fourth-order valence-electron chi connectivity index (χ4n) is 4.73. The molecule has 0 radical (unpaired) electrons. The molecule has 0 heteroatoms. The molecule has 1 fully saturated rings. The van der Waals surface area contributed by atoms with Gasteiger partial charge in [0.05, 0.1) is 0 Å². The summed E-state index contributed by atoms with van der Waals surface area (Å²) in [6, 6.07) is 9.18. The van der Waals surface area contributed by atoms with Gasteiger partial charge in [0.25, 0.3) is 0 Å². The lowest BCUT2D eigenvalue weighted by atomic mass is 9.55. The highest BCUT2D eigenvalue weighted by Gasteiger charge is 2.45. The largest absolute Gasteiger partial charge is 0.0991 e. The zero-order chi connectivity index (χ0) is 19.1. The Kier molecular flexibility index (Phi) is 7.93. The van der Waals surface area contributed by atoms with E-state index in [1.165, 1.54) is 36.0 Å². The van der Waals surface area contributed by atoms with Crippen molar-refractivity contribution in [2.45, 2.75) is 73.1 Å². The van der Waals surface area contributed by atoms with Crippen molar-refractivity contribution < 1.29 is 0 Å². The molecule has 25 heavy (non-hydrogen) atoms. The normalized spacial score (nSPS) is 26.0. The molecule has 1 aromatic carbocycles. The highest BCUT2D eigenvalue weighted by Crippen LogP contribution is 2.54. The van der Waals surface area contributed by atoms with Crippen LogP contribution in [0.4, 0.5) is 0 Å². The molecule has 0 nitrogen and oxygen atoms in total. The predicted molar refractivity (Wildman–Crippen MR) is 114 cm³/mol. The average molecular weight is 339 g/mol. The van der Waals surface area contributed by atoms with E-state index in [1.54, 1.807) is 0 Å². The molecule has 0 aliphatic heterocycles. The van der Waals surface area contributed by atoms with E-state index < -0.39 is 0 Å². The zero-order valence-corrected chi connectivity index (χ0v) is 17.5. The topological polar surface area (TPSA) is 0 Å². The summed E-state index contributed by atoms with van der Waals surface area (Å²) in [5.41, 5.74) is 4.62. The lowest BCUT2D eigenvalue weighted by molar-refractivity contribution is 0.126. The summed E-state index contributed by atoms with van der Waals surface area (Å²) in [6.07, 6.45) is 12.3. The second-order valence-electron chi connectivity index (χ2n) is 8.16. The molecule has 0 heterocycles. The molecular formula is C25H38. The van der Waals surface area contributed by atoms with Gasteiger partial charge in [-0.3, -0.25) is 0 Å². The Bertz CT molecular complexity index is 597. The lowest BCUT2D eigenvalue weighted by Gasteiger charge is -2.49. The SMILES string of the molecule is C=C/C=C(\C=C/C)C1(c2ccc(C)cc2)CC(C)CC(C)(C)C1.CC. The standard InChI is InChI=1S/C23H32.C2H6/c1-7-9-20(10-8-2)23(21-13-11-18(3)12-14-21)16-19(4)15-22(5,6)17-23;1-2/h7-14,19H,1,15-17H2,2-6H3;1-2H3/b10-8-,20-9+;. The quantitative estimate of drug-likeness (QED) is 0.491. The van der Waals surface area contributed by atoms with Crippen LogP contribution in [-0.4, -0.2) is 0 Å². The third kappa shape index (κ3) is 5.21. The highest BCUT2D eigenvalue weighted by molar-refractivity contribution is 5.45. The van der Waals surface area contributed by atoms with Crippen LogP contribution in [0.25, 0.3) is 0 Å². The third-order valence-electron chi connectivity index (χ3n) is 5.18. The summed E-state index contributed by atoms with van der Waals surface area (Å²) in [5.74, 6) is 0.721. The molecule has 0 aromatic heterocycles. The molecule has 2 unspecified atom stereocenters.